The number of rotatable bonds is 3. The van der Waals surface area contributed by atoms with E-state index in [2.05, 4.69) is 6.58 Å². The molecule has 0 heterocycles. The topological polar surface area (TPSA) is 20.2 Å². The Labute approximate surface area is 68.7 Å². The SMILES string of the molecule is C=C(C)/C=C\C(=C/C)C(C)O. The van der Waals surface area contributed by atoms with Crippen LogP contribution in [0.15, 0.2) is 36.0 Å². The molecule has 0 aliphatic rings. The van der Waals surface area contributed by atoms with Crippen LogP contribution in [0.4, 0.5) is 0 Å². The van der Waals surface area contributed by atoms with Gasteiger partial charge in [0.2, 0.25) is 0 Å². The van der Waals surface area contributed by atoms with Crippen molar-refractivity contribution >= 4 is 0 Å². The van der Waals surface area contributed by atoms with Gasteiger partial charge in [0.05, 0.1) is 6.10 Å². The Kier molecular flexibility index (Phi) is 4.55. The minimum Gasteiger partial charge on any atom is -0.389 e. The number of allylic oxidation sites excluding steroid dienone is 3. The first-order valence-electron chi connectivity index (χ1n) is 3.75. The van der Waals surface area contributed by atoms with Crippen LogP contribution in [-0.2, 0) is 0 Å². The van der Waals surface area contributed by atoms with Crippen molar-refractivity contribution in [2.24, 2.45) is 0 Å². The predicted molar refractivity (Wildman–Crippen MR) is 49.4 cm³/mol. The highest BCUT2D eigenvalue weighted by molar-refractivity contribution is 5.26. The molecule has 1 heteroatoms. The van der Waals surface area contributed by atoms with Gasteiger partial charge >= 0.3 is 0 Å². The summed E-state index contributed by atoms with van der Waals surface area (Å²) in [5.41, 5.74) is 1.91. The van der Waals surface area contributed by atoms with Crippen LogP contribution in [0.2, 0.25) is 0 Å². The third-order valence-electron chi connectivity index (χ3n) is 1.38. The molecule has 1 N–H and O–H groups in total. The van der Waals surface area contributed by atoms with Crippen molar-refractivity contribution in [1.29, 1.82) is 0 Å². The van der Waals surface area contributed by atoms with Gasteiger partial charge in [-0.3, -0.25) is 0 Å². The molecule has 0 saturated carbocycles. The van der Waals surface area contributed by atoms with Crippen molar-refractivity contribution < 1.29 is 5.11 Å². The number of hydrogen-bond acceptors (Lipinski definition) is 1. The molecule has 0 aliphatic heterocycles. The van der Waals surface area contributed by atoms with Gasteiger partial charge in [-0.1, -0.05) is 30.4 Å². The van der Waals surface area contributed by atoms with Gasteiger partial charge in [-0.2, -0.15) is 0 Å². The first kappa shape index (κ1) is 10.2. The van der Waals surface area contributed by atoms with Gasteiger partial charge in [0, 0.05) is 0 Å². The molecule has 0 aromatic carbocycles. The fourth-order valence-electron chi connectivity index (χ4n) is 0.715. The van der Waals surface area contributed by atoms with E-state index in [1.54, 1.807) is 6.92 Å². The lowest BCUT2D eigenvalue weighted by atomic mass is 10.1. The van der Waals surface area contributed by atoms with E-state index in [-0.39, 0.29) is 0 Å². The smallest absolute Gasteiger partial charge is 0.0758 e. The summed E-state index contributed by atoms with van der Waals surface area (Å²) in [5.74, 6) is 0. The third-order valence-corrected chi connectivity index (χ3v) is 1.38. The van der Waals surface area contributed by atoms with Crippen LogP contribution >= 0.6 is 0 Å². The van der Waals surface area contributed by atoms with Crippen molar-refractivity contribution in [3.05, 3.63) is 36.0 Å². The van der Waals surface area contributed by atoms with Crippen LogP contribution in [0.3, 0.4) is 0 Å². The fourth-order valence-corrected chi connectivity index (χ4v) is 0.715. The summed E-state index contributed by atoms with van der Waals surface area (Å²) in [7, 11) is 0. The van der Waals surface area contributed by atoms with E-state index < -0.39 is 6.10 Å². The largest absolute Gasteiger partial charge is 0.389 e. The number of hydrogen-bond donors (Lipinski definition) is 1. The van der Waals surface area contributed by atoms with Crippen LogP contribution in [-0.4, -0.2) is 11.2 Å². The van der Waals surface area contributed by atoms with E-state index in [1.165, 1.54) is 0 Å². The van der Waals surface area contributed by atoms with Crippen molar-refractivity contribution in [2.45, 2.75) is 26.9 Å². The van der Waals surface area contributed by atoms with Gasteiger partial charge < -0.3 is 5.11 Å². The molecule has 0 aromatic rings. The Hall–Kier alpha value is -0.820. The van der Waals surface area contributed by atoms with Gasteiger partial charge in [-0.25, -0.2) is 0 Å². The maximum atomic E-state index is 9.18. The summed E-state index contributed by atoms with van der Waals surface area (Å²) >= 11 is 0. The van der Waals surface area contributed by atoms with Crippen molar-refractivity contribution in [1.82, 2.24) is 0 Å². The molecule has 0 bridgehead atoms. The van der Waals surface area contributed by atoms with Gasteiger partial charge in [0.1, 0.15) is 0 Å². The van der Waals surface area contributed by atoms with Crippen LogP contribution in [0.1, 0.15) is 20.8 Å². The fraction of sp³-hybridized carbons (Fsp3) is 0.400. The zero-order valence-electron chi connectivity index (χ0n) is 7.46. The Morgan fingerprint density at radius 2 is 2.00 bits per heavy atom. The zero-order chi connectivity index (χ0) is 8.85. The molecule has 0 radical (unpaired) electrons. The molecule has 0 aliphatic carbocycles. The van der Waals surface area contributed by atoms with E-state index in [1.807, 2.05) is 32.1 Å². The molecule has 0 rings (SSSR count). The Balaban J connectivity index is 4.22. The molecule has 0 fully saturated rings. The van der Waals surface area contributed by atoms with Gasteiger partial charge in [-0.05, 0) is 26.3 Å². The molecule has 0 aromatic heterocycles. The summed E-state index contributed by atoms with van der Waals surface area (Å²) < 4.78 is 0. The summed E-state index contributed by atoms with van der Waals surface area (Å²) in [6.07, 6.45) is 5.27. The standard InChI is InChI=1S/C10H16O/c1-5-10(9(4)11)7-6-8(2)3/h5-7,9,11H,2H2,1,3-4H3/b7-6-,10-5+. The summed E-state index contributed by atoms with van der Waals surface area (Å²) in [6.45, 7) is 9.30. The van der Waals surface area contributed by atoms with Gasteiger partial charge in [0.25, 0.3) is 0 Å². The number of aliphatic hydroxyl groups is 1. The molecular formula is C10H16O. The average molecular weight is 152 g/mol. The average Bonchev–Trinajstić information content (AvgIpc) is 1.87. The minimum atomic E-state index is -0.393. The van der Waals surface area contributed by atoms with Crippen molar-refractivity contribution in [3.63, 3.8) is 0 Å². The third kappa shape index (κ3) is 4.57. The maximum Gasteiger partial charge on any atom is 0.0758 e. The van der Waals surface area contributed by atoms with Crippen LogP contribution in [0.5, 0.6) is 0 Å². The lowest BCUT2D eigenvalue weighted by Crippen LogP contribution is -2.01. The van der Waals surface area contributed by atoms with Gasteiger partial charge in [-0.15, -0.1) is 0 Å². The highest BCUT2D eigenvalue weighted by atomic mass is 16.3. The summed E-state index contributed by atoms with van der Waals surface area (Å²) in [4.78, 5) is 0. The molecule has 62 valence electrons. The zero-order valence-corrected chi connectivity index (χ0v) is 7.46. The Morgan fingerprint density at radius 3 is 2.27 bits per heavy atom. The molecule has 11 heavy (non-hydrogen) atoms. The predicted octanol–water partition coefficient (Wildman–Crippen LogP) is 2.45. The molecule has 1 unspecified atom stereocenters. The van der Waals surface area contributed by atoms with E-state index in [0.29, 0.717) is 0 Å². The quantitative estimate of drug-likeness (QED) is 0.616. The van der Waals surface area contributed by atoms with E-state index >= 15 is 0 Å². The van der Waals surface area contributed by atoms with E-state index in [4.69, 9.17) is 0 Å². The lowest BCUT2D eigenvalue weighted by molar-refractivity contribution is 0.235. The second-order valence-corrected chi connectivity index (χ2v) is 2.64. The van der Waals surface area contributed by atoms with Crippen molar-refractivity contribution in [2.75, 3.05) is 0 Å². The first-order valence-corrected chi connectivity index (χ1v) is 3.75. The molecule has 0 spiro atoms. The molecule has 1 nitrogen and oxygen atoms in total. The van der Waals surface area contributed by atoms with E-state index in [0.717, 1.165) is 11.1 Å². The second-order valence-electron chi connectivity index (χ2n) is 2.64. The highest BCUT2D eigenvalue weighted by Gasteiger charge is 1.97. The molecule has 1 atom stereocenters. The Bertz CT molecular complexity index is 185. The highest BCUT2D eigenvalue weighted by Crippen LogP contribution is 2.04. The molecule has 0 saturated heterocycles. The summed E-state index contributed by atoms with van der Waals surface area (Å²) in [5, 5.41) is 9.18. The van der Waals surface area contributed by atoms with Crippen LogP contribution in [0.25, 0.3) is 0 Å². The normalized spacial score (nSPS) is 15.5. The van der Waals surface area contributed by atoms with Crippen LogP contribution < -0.4 is 0 Å². The molecule has 0 amide bonds. The second kappa shape index (κ2) is 4.91. The van der Waals surface area contributed by atoms with E-state index in [9.17, 15) is 5.11 Å². The van der Waals surface area contributed by atoms with Gasteiger partial charge in [0.15, 0.2) is 0 Å². The monoisotopic (exact) mass is 152 g/mol. The first-order chi connectivity index (χ1) is 5.07. The maximum absolute atomic E-state index is 9.18. The van der Waals surface area contributed by atoms with Crippen LogP contribution in [0, 0.1) is 0 Å². The minimum absolute atomic E-state index is 0.393. The number of aliphatic hydroxyl groups excluding tert-OH is 1. The summed E-state index contributed by atoms with van der Waals surface area (Å²) in [6, 6.07) is 0. The van der Waals surface area contributed by atoms with Crippen molar-refractivity contribution in [3.8, 4) is 0 Å². The Morgan fingerprint density at radius 1 is 1.45 bits per heavy atom. The molecular weight excluding hydrogens is 136 g/mol. The lowest BCUT2D eigenvalue weighted by Gasteiger charge is -2.03.